The van der Waals surface area contributed by atoms with Gasteiger partial charge in [0.25, 0.3) is 5.91 Å². The van der Waals surface area contributed by atoms with Crippen LogP contribution >= 0.6 is 0 Å². The summed E-state index contributed by atoms with van der Waals surface area (Å²) in [6.07, 6.45) is 0.404. The van der Waals surface area contributed by atoms with Gasteiger partial charge >= 0.3 is 0 Å². The van der Waals surface area contributed by atoms with Crippen LogP contribution in [0.2, 0.25) is 0 Å². The summed E-state index contributed by atoms with van der Waals surface area (Å²) in [6.45, 7) is 9.07. The first kappa shape index (κ1) is 21.6. The van der Waals surface area contributed by atoms with E-state index in [9.17, 15) is 4.79 Å². The largest absolute Gasteiger partial charge is 0.493 e. The van der Waals surface area contributed by atoms with Crippen molar-refractivity contribution in [2.75, 3.05) is 13.7 Å². The maximum Gasteiger partial charge on any atom is 0.261 e. The van der Waals surface area contributed by atoms with Gasteiger partial charge in [0.15, 0.2) is 17.6 Å². The van der Waals surface area contributed by atoms with Crippen LogP contribution in [0.5, 0.6) is 17.2 Å². The van der Waals surface area contributed by atoms with Gasteiger partial charge in [-0.25, -0.2) is 0 Å². The molecule has 5 heteroatoms. The van der Waals surface area contributed by atoms with Crippen LogP contribution in [0.15, 0.2) is 42.5 Å². The van der Waals surface area contributed by atoms with Crippen molar-refractivity contribution in [2.45, 2.75) is 46.8 Å². The second-order valence-corrected chi connectivity index (χ2v) is 7.26. The topological polar surface area (TPSA) is 56.8 Å². The molecule has 0 aliphatic rings. The summed E-state index contributed by atoms with van der Waals surface area (Å²) in [5, 5.41) is 2.91. The fourth-order valence-electron chi connectivity index (χ4n) is 2.61. The minimum Gasteiger partial charge on any atom is -0.493 e. The van der Waals surface area contributed by atoms with E-state index >= 15 is 0 Å². The van der Waals surface area contributed by atoms with Gasteiger partial charge in [0, 0.05) is 6.54 Å². The molecular weight excluding hydrogens is 354 g/mol. The van der Waals surface area contributed by atoms with E-state index in [-0.39, 0.29) is 5.91 Å². The number of hydrogen-bond donors (Lipinski definition) is 1. The Morgan fingerprint density at radius 3 is 2.46 bits per heavy atom. The Morgan fingerprint density at radius 1 is 1.04 bits per heavy atom. The lowest BCUT2D eigenvalue weighted by Gasteiger charge is -2.17. The fraction of sp³-hybridized carbons (Fsp3) is 0.435. The van der Waals surface area contributed by atoms with Crippen molar-refractivity contribution in [3.05, 3.63) is 53.6 Å². The summed E-state index contributed by atoms with van der Waals surface area (Å²) in [4.78, 5) is 12.4. The predicted octanol–water partition coefficient (Wildman–Crippen LogP) is 4.51. The molecule has 0 saturated heterocycles. The summed E-state index contributed by atoms with van der Waals surface area (Å²) >= 11 is 0. The molecule has 1 atom stereocenters. The molecule has 0 aromatic heterocycles. The number of rotatable bonds is 10. The van der Waals surface area contributed by atoms with Crippen LogP contribution < -0.4 is 19.5 Å². The zero-order chi connectivity index (χ0) is 20.5. The third kappa shape index (κ3) is 6.48. The molecule has 28 heavy (non-hydrogen) atoms. The van der Waals surface area contributed by atoms with E-state index in [0.29, 0.717) is 24.8 Å². The third-order valence-corrected chi connectivity index (χ3v) is 4.41. The molecule has 0 aliphatic carbocycles. The van der Waals surface area contributed by atoms with Crippen molar-refractivity contribution >= 4 is 5.91 Å². The smallest absolute Gasteiger partial charge is 0.261 e. The second-order valence-electron chi connectivity index (χ2n) is 7.26. The number of aryl methyl sites for hydroxylation is 1. The Kier molecular flexibility index (Phi) is 8.18. The van der Waals surface area contributed by atoms with E-state index in [4.69, 9.17) is 14.2 Å². The van der Waals surface area contributed by atoms with Gasteiger partial charge in [0.05, 0.1) is 13.7 Å². The zero-order valence-electron chi connectivity index (χ0n) is 17.5. The van der Waals surface area contributed by atoms with E-state index in [1.165, 1.54) is 0 Å². The number of ether oxygens (including phenoxy) is 3. The van der Waals surface area contributed by atoms with E-state index < -0.39 is 6.10 Å². The summed E-state index contributed by atoms with van der Waals surface area (Å²) in [5.74, 6) is 2.52. The number of nitrogens with one attached hydrogen (secondary N) is 1. The Morgan fingerprint density at radius 2 is 1.79 bits per heavy atom. The predicted molar refractivity (Wildman–Crippen MR) is 111 cm³/mol. The maximum atomic E-state index is 12.4. The van der Waals surface area contributed by atoms with E-state index in [1.54, 1.807) is 14.0 Å². The monoisotopic (exact) mass is 385 g/mol. The lowest BCUT2D eigenvalue weighted by molar-refractivity contribution is -0.127. The molecule has 0 radical (unpaired) electrons. The highest BCUT2D eigenvalue weighted by Gasteiger charge is 2.15. The van der Waals surface area contributed by atoms with E-state index in [2.05, 4.69) is 19.2 Å². The molecule has 0 spiro atoms. The molecule has 1 amide bonds. The summed E-state index contributed by atoms with van der Waals surface area (Å²) in [5.41, 5.74) is 1.93. The average molecular weight is 386 g/mol. The number of amides is 1. The number of carbonyl (C=O) groups excluding carboxylic acids is 1. The number of para-hydroxylation sites is 1. The Balaban J connectivity index is 1.90. The van der Waals surface area contributed by atoms with Crippen LogP contribution in [0.1, 0.15) is 38.3 Å². The van der Waals surface area contributed by atoms with Crippen LogP contribution in [-0.2, 0) is 11.3 Å². The normalized spacial score (nSPS) is 11.8. The molecule has 152 valence electrons. The molecule has 0 fully saturated rings. The van der Waals surface area contributed by atoms with Crippen molar-refractivity contribution < 1.29 is 19.0 Å². The van der Waals surface area contributed by atoms with Gasteiger partial charge in [-0.3, -0.25) is 4.79 Å². The zero-order valence-corrected chi connectivity index (χ0v) is 17.5. The van der Waals surface area contributed by atoms with Crippen LogP contribution in [0, 0.1) is 12.8 Å². The lowest BCUT2D eigenvalue weighted by atomic mass is 10.1. The first-order valence-electron chi connectivity index (χ1n) is 9.70. The van der Waals surface area contributed by atoms with Gasteiger partial charge < -0.3 is 19.5 Å². The van der Waals surface area contributed by atoms with E-state index in [0.717, 1.165) is 29.0 Å². The molecule has 1 unspecified atom stereocenters. The first-order valence-corrected chi connectivity index (χ1v) is 9.70. The molecule has 0 heterocycles. The molecule has 1 N–H and O–H groups in total. The number of benzene rings is 2. The van der Waals surface area contributed by atoms with Crippen molar-refractivity contribution in [3.63, 3.8) is 0 Å². The van der Waals surface area contributed by atoms with Crippen molar-refractivity contribution in [2.24, 2.45) is 5.92 Å². The number of carbonyl (C=O) groups is 1. The Hall–Kier alpha value is -2.69. The number of methoxy groups -OCH3 is 1. The van der Waals surface area contributed by atoms with Crippen molar-refractivity contribution in [3.8, 4) is 17.2 Å². The minimum atomic E-state index is -0.582. The van der Waals surface area contributed by atoms with E-state index in [1.807, 2.05) is 49.4 Å². The van der Waals surface area contributed by atoms with Crippen LogP contribution in [0.25, 0.3) is 0 Å². The molecule has 5 nitrogen and oxygen atoms in total. The number of hydrogen-bond acceptors (Lipinski definition) is 4. The van der Waals surface area contributed by atoms with Crippen molar-refractivity contribution in [1.82, 2.24) is 5.32 Å². The van der Waals surface area contributed by atoms with Gasteiger partial charge in [-0.1, -0.05) is 38.1 Å². The maximum absolute atomic E-state index is 12.4. The van der Waals surface area contributed by atoms with Gasteiger partial charge in [0.2, 0.25) is 0 Å². The molecule has 2 rings (SSSR count). The molecule has 0 saturated carbocycles. The van der Waals surface area contributed by atoms with Crippen molar-refractivity contribution in [1.29, 1.82) is 0 Å². The molecular formula is C23H31NO4. The standard InChI is InChI=1S/C23H31NO4/c1-16(2)12-13-27-21-11-10-19(14-22(21)26-5)15-24-23(25)18(4)28-20-9-7-6-8-17(20)3/h6-11,14,16,18H,12-13,15H2,1-5H3,(H,24,25). The van der Waals surface area contributed by atoms with Crippen LogP contribution in [0.4, 0.5) is 0 Å². The van der Waals surface area contributed by atoms with Gasteiger partial charge in [0.1, 0.15) is 5.75 Å². The van der Waals surface area contributed by atoms with Crippen LogP contribution in [0.3, 0.4) is 0 Å². The van der Waals surface area contributed by atoms with Gasteiger partial charge in [-0.05, 0) is 55.5 Å². The molecule has 2 aromatic rings. The summed E-state index contributed by atoms with van der Waals surface area (Å²) in [6, 6.07) is 13.4. The summed E-state index contributed by atoms with van der Waals surface area (Å²) < 4.78 is 17.0. The lowest BCUT2D eigenvalue weighted by Crippen LogP contribution is -2.36. The molecule has 2 aromatic carbocycles. The molecule has 0 bridgehead atoms. The van der Waals surface area contributed by atoms with Crippen LogP contribution in [-0.4, -0.2) is 25.7 Å². The highest BCUT2D eigenvalue weighted by atomic mass is 16.5. The Bertz CT molecular complexity index is 773. The third-order valence-electron chi connectivity index (χ3n) is 4.41. The summed E-state index contributed by atoms with van der Waals surface area (Å²) in [7, 11) is 1.62. The fourth-order valence-corrected chi connectivity index (χ4v) is 2.61. The second kappa shape index (κ2) is 10.6. The SMILES string of the molecule is COc1cc(CNC(=O)C(C)Oc2ccccc2C)ccc1OCCC(C)C. The minimum absolute atomic E-state index is 0.167. The average Bonchev–Trinajstić information content (AvgIpc) is 2.68. The first-order chi connectivity index (χ1) is 13.4. The van der Waals surface area contributed by atoms with Gasteiger partial charge in [-0.15, -0.1) is 0 Å². The van der Waals surface area contributed by atoms with Gasteiger partial charge in [-0.2, -0.15) is 0 Å². The Labute approximate surface area is 168 Å². The molecule has 0 aliphatic heterocycles. The quantitative estimate of drug-likeness (QED) is 0.654. The highest BCUT2D eigenvalue weighted by Crippen LogP contribution is 2.28. The highest BCUT2D eigenvalue weighted by molar-refractivity contribution is 5.80.